The zero-order valence-electron chi connectivity index (χ0n) is 14.7. The van der Waals surface area contributed by atoms with Crippen molar-refractivity contribution in [2.75, 3.05) is 7.11 Å². The Labute approximate surface area is 155 Å². The second-order valence-corrected chi connectivity index (χ2v) is 6.97. The molecule has 0 radical (unpaired) electrons. The van der Waals surface area contributed by atoms with E-state index in [1.165, 1.54) is 7.11 Å². The van der Waals surface area contributed by atoms with Gasteiger partial charge in [0.2, 0.25) is 0 Å². The van der Waals surface area contributed by atoms with Crippen molar-refractivity contribution in [2.24, 2.45) is 5.92 Å². The first-order valence-electron chi connectivity index (χ1n) is 7.95. The van der Waals surface area contributed by atoms with Gasteiger partial charge in [-0.05, 0) is 37.1 Å². The fourth-order valence-corrected chi connectivity index (χ4v) is 2.85. The molecule has 6 heteroatoms. The Balaban J connectivity index is 2.25. The lowest BCUT2D eigenvalue weighted by Crippen LogP contribution is -2.45. The normalized spacial score (nSPS) is 11.9. The molecule has 1 aromatic carbocycles. The first-order chi connectivity index (χ1) is 11.8. The number of methoxy groups -OCH3 is 1. The minimum absolute atomic E-state index is 0.0781. The molecule has 0 unspecified atom stereocenters. The summed E-state index contributed by atoms with van der Waals surface area (Å²) in [4.78, 5) is 28.9. The van der Waals surface area contributed by atoms with Crippen LogP contribution in [0.1, 0.15) is 29.9 Å². The molecule has 0 fully saturated rings. The van der Waals surface area contributed by atoms with Crippen molar-refractivity contribution in [3.63, 3.8) is 0 Å². The van der Waals surface area contributed by atoms with Crippen molar-refractivity contribution in [1.29, 1.82) is 0 Å². The van der Waals surface area contributed by atoms with E-state index in [-0.39, 0.29) is 11.8 Å². The van der Waals surface area contributed by atoms with E-state index in [0.717, 1.165) is 15.7 Å². The van der Waals surface area contributed by atoms with Crippen LogP contribution in [0.4, 0.5) is 0 Å². The predicted molar refractivity (Wildman–Crippen MR) is 100 cm³/mol. The zero-order chi connectivity index (χ0) is 18.6. The Morgan fingerprint density at radius 3 is 2.48 bits per heavy atom. The van der Waals surface area contributed by atoms with Crippen LogP contribution in [0, 0.1) is 12.8 Å². The van der Waals surface area contributed by atoms with E-state index in [0.29, 0.717) is 11.3 Å². The van der Waals surface area contributed by atoms with Crippen LogP contribution in [-0.2, 0) is 9.53 Å². The zero-order valence-corrected chi connectivity index (χ0v) is 16.3. The fourth-order valence-electron chi connectivity index (χ4n) is 2.45. The van der Waals surface area contributed by atoms with Gasteiger partial charge in [-0.25, -0.2) is 4.79 Å². The van der Waals surface area contributed by atoms with Gasteiger partial charge >= 0.3 is 5.97 Å². The number of hydrogen-bond donors (Lipinski definition) is 1. The van der Waals surface area contributed by atoms with E-state index >= 15 is 0 Å². The lowest BCUT2D eigenvalue weighted by molar-refractivity contribution is -0.144. The molecule has 1 N–H and O–H groups in total. The largest absolute Gasteiger partial charge is 0.467 e. The predicted octanol–water partition coefficient (Wildman–Crippen LogP) is 3.75. The highest BCUT2D eigenvalue weighted by atomic mass is 79.9. The number of nitrogens with one attached hydrogen (secondary N) is 1. The van der Waals surface area contributed by atoms with Gasteiger partial charge in [-0.2, -0.15) is 0 Å². The summed E-state index contributed by atoms with van der Waals surface area (Å²) in [5.41, 5.74) is 2.78. The molecule has 1 aromatic heterocycles. The summed E-state index contributed by atoms with van der Waals surface area (Å²) in [6, 6.07) is 10.6. The summed E-state index contributed by atoms with van der Waals surface area (Å²) in [7, 11) is 1.31. The van der Waals surface area contributed by atoms with Crippen LogP contribution in [0.3, 0.4) is 0 Å². The molecule has 1 atom stereocenters. The van der Waals surface area contributed by atoms with Crippen molar-refractivity contribution in [3.8, 4) is 11.3 Å². The Morgan fingerprint density at radius 1 is 1.20 bits per heavy atom. The fraction of sp³-hybridized carbons (Fsp3) is 0.316. The van der Waals surface area contributed by atoms with E-state index in [4.69, 9.17) is 4.74 Å². The van der Waals surface area contributed by atoms with Gasteiger partial charge in [0.25, 0.3) is 5.91 Å². The molecular formula is C19H21BrN2O3. The minimum Gasteiger partial charge on any atom is -0.467 e. The van der Waals surface area contributed by atoms with Gasteiger partial charge in [0.1, 0.15) is 6.04 Å². The second kappa shape index (κ2) is 8.25. The molecule has 2 aromatic rings. The Bertz CT molecular complexity index is 790. The number of carbonyl (C=O) groups is 2. The lowest BCUT2D eigenvalue weighted by Gasteiger charge is -2.20. The number of amides is 1. The number of esters is 1. The summed E-state index contributed by atoms with van der Waals surface area (Å²) in [5, 5.41) is 2.73. The number of carbonyl (C=O) groups excluding carboxylic acids is 2. The molecule has 0 saturated carbocycles. The van der Waals surface area contributed by atoms with Gasteiger partial charge in [-0.15, -0.1) is 0 Å². The Morgan fingerprint density at radius 2 is 1.92 bits per heavy atom. The van der Waals surface area contributed by atoms with E-state index in [2.05, 4.69) is 26.2 Å². The first-order valence-corrected chi connectivity index (χ1v) is 8.75. The Kier molecular flexibility index (Phi) is 6.31. The van der Waals surface area contributed by atoms with E-state index in [1.54, 1.807) is 19.1 Å². The molecule has 132 valence electrons. The van der Waals surface area contributed by atoms with Crippen LogP contribution in [0.5, 0.6) is 0 Å². The van der Waals surface area contributed by atoms with Gasteiger partial charge in [-0.1, -0.05) is 41.9 Å². The third-order valence-electron chi connectivity index (χ3n) is 3.86. The number of aryl methyl sites for hydroxylation is 1. The van der Waals surface area contributed by atoms with Crippen molar-refractivity contribution in [1.82, 2.24) is 10.3 Å². The molecule has 0 saturated heterocycles. The highest BCUT2D eigenvalue weighted by Crippen LogP contribution is 2.22. The number of halogens is 1. The number of rotatable bonds is 5. The van der Waals surface area contributed by atoms with Crippen molar-refractivity contribution < 1.29 is 14.3 Å². The molecule has 25 heavy (non-hydrogen) atoms. The van der Waals surface area contributed by atoms with E-state index in [9.17, 15) is 9.59 Å². The summed E-state index contributed by atoms with van der Waals surface area (Å²) in [6.45, 7) is 5.48. The molecular weight excluding hydrogens is 384 g/mol. The highest BCUT2D eigenvalue weighted by Gasteiger charge is 2.26. The number of aromatic nitrogens is 1. The quantitative estimate of drug-likeness (QED) is 0.770. The van der Waals surface area contributed by atoms with Gasteiger partial charge in [0.15, 0.2) is 0 Å². The van der Waals surface area contributed by atoms with Crippen molar-refractivity contribution in [3.05, 3.63) is 52.1 Å². The molecule has 0 aliphatic rings. The Hall–Kier alpha value is -2.21. The third-order valence-corrected chi connectivity index (χ3v) is 4.35. The smallest absolute Gasteiger partial charge is 0.328 e. The summed E-state index contributed by atoms with van der Waals surface area (Å²) < 4.78 is 5.72. The van der Waals surface area contributed by atoms with Crippen LogP contribution < -0.4 is 5.32 Å². The average molecular weight is 405 g/mol. The van der Waals surface area contributed by atoms with Crippen LogP contribution in [0.2, 0.25) is 0 Å². The molecule has 1 amide bonds. The summed E-state index contributed by atoms with van der Waals surface area (Å²) >= 11 is 3.44. The number of ether oxygens (including phenoxy) is 1. The highest BCUT2D eigenvalue weighted by molar-refractivity contribution is 9.10. The summed E-state index contributed by atoms with van der Waals surface area (Å²) in [5.74, 6) is -0.875. The van der Waals surface area contributed by atoms with Crippen LogP contribution >= 0.6 is 15.9 Å². The second-order valence-electron chi connectivity index (χ2n) is 6.06. The molecule has 0 bridgehead atoms. The standard InChI is InChI=1S/C19H21BrN2O3/c1-11(2)17(19(24)25-4)22-18(23)15-8-9-16(21-12(15)3)13-6-5-7-14(20)10-13/h5-11,17H,1-4H3,(H,22,23)/t17-/m0/s1. The van der Waals surface area contributed by atoms with E-state index in [1.807, 2.05) is 38.1 Å². The SMILES string of the molecule is COC(=O)[C@@H](NC(=O)c1ccc(-c2cccc(Br)c2)nc1C)C(C)C. The number of hydrogen-bond acceptors (Lipinski definition) is 4. The third kappa shape index (κ3) is 4.66. The number of nitrogens with zero attached hydrogens (tertiary/aromatic N) is 1. The van der Waals surface area contributed by atoms with Crippen LogP contribution in [-0.4, -0.2) is 30.0 Å². The van der Waals surface area contributed by atoms with Crippen molar-refractivity contribution >= 4 is 27.8 Å². The maximum atomic E-state index is 12.5. The number of benzene rings is 1. The lowest BCUT2D eigenvalue weighted by atomic mass is 10.0. The first kappa shape index (κ1) is 19.1. The van der Waals surface area contributed by atoms with Gasteiger partial charge < -0.3 is 10.1 Å². The van der Waals surface area contributed by atoms with Gasteiger partial charge in [-0.3, -0.25) is 9.78 Å². The average Bonchev–Trinajstić information content (AvgIpc) is 2.58. The molecule has 1 heterocycles. The molecule has 0 aliphatic carbocycles. The van der Waals surface area contributed by atoms with Crippen molar-refractivity contribution in [2.45, 2.75) is 26.8 Å². The maximum Gasteiger partial charge on any atom is 0.328 e. The number of pyridine rings is 1. The van der Waals surface area contributed by atoms with Gasteiger partial charge in [0, 0.05) is 10.0 Å². The van der Waals surface area contributed by atoms with E-state index < -0.39 is 12.0 Å². The molecule has 0 spiro atoms. The summed E-state index contributed by atoms with van der Waals surface area (Å²) in [6.07, 6.45) is 0. The van der Waals surface area contributed by atoms with Gasteiger partial charge in [0.05, 0.1) is 24.1 Å². The molecule has 2 rings (SSSR count). The topological polar surface area (TPSA) is 68.3 Å². The van der Waals surface area contributed by atoms with Crippen LogP contribution in [0.25, 0.3) is 11.3 Å². The minimum atomic E-state index is -0.693. The molecule has 0 aliphatic heterocycles. The molecule has 5 nitrogen and oxygen atoms in total. The van der Waals surface area contributed by atoms with Crippen LogP contribution in [0.15, 0.2) is 40.9 Å². The monoisotopic (exact) mass is 404 g/mol. The maximum absolute atomic E-state index is 12.5.